The van der Waals surface area contributed by atoms with E-state index in [1.165, 1.54) is 0 Å². The molecule has 0 bridgehead atoms. The average molecular weight is 299 g/mol. The Bertz CT molecular complexity index is 637. The first kappa shape index (κ1) is 13.5. The van der Waals surface area contributed by atoms with Crippen LogP contribution >= 0.6 is 0 Å². The van der Waals surface area contributed by atoms with Crippen LogP contribution in [-0.2, 0) is 21.2 Å². The van der Waals surface area contributed by atoms with Gasteiger partial charge in [-0.25, -0.2) is 8.42 Å². The number of carboxylic acids is 1. The highest BCUT2D eigenvalue weighted by Crippen LogP contribution is 2.32. The van der Waals surface area contributed by atoms with Crippen molar-refractivity contribution in [2.45, 2.75) is 44.1 Å². The number of aliphatic carboxylic acids is 1. The molecule has 2 aliphatic rings. The fourth-order valence-electron chi connectivity index (χ4n) is 3.16. The summed E-state index contributed by atoms with van der Waals surface area (Å²) >= 11 is 0. The molecule has 1 aromatic heterocycles. The lowest BCUT2D eigenvalue weighted by molar-refractivity contribution is -0.139. The molecule has 0 spiro atoms. The van der Waals surface area contributed by atoms with Gasteiger partial charge in [-0.05, 0) is 25.7 Å². The maximum atomic E-state index is 11.7. The normalized spacial score (nSPS) is 28.8. The summed E-state index contributed by atoms with van der Waals surface area (Å²) in [4.78, 5) is 11.2. The van der Waals surface area contributed by atoms with Crippen molar-refractivity contribution in [3.63, 3.8) is 0 Å². The van der Waals surface area contributed by atoms with Crippen LogP contribution in [0.2, 0.25) is 0 Å². The lowest BCUT2D eigenvalue weighted by atomic mass is 9.98. The third-order valence-electron chi connectivity index (χ3n) is 4.12. The highest BCUT2D eigenvalue weighted by atomic mass is 32.2. The Morgan fingerprint density at radius 2 is 1.95 bits per heavy atom. The fourth-order valence-corrected chi connectivity index (χ4v) is 4.86. The third-order valence-corrected chi connectivity index (χ3v) is 5.94. The molecule has 3 heterocycles. The second kappa shape index (κ2) is 4.83. The molecular weight excluding hydrogens is 282 g/mol. The first-order chi connectivity index (χ1) is 9.48. The van der Waals surface area contributed by atoms with Gasteiger partial charge in [-0.2, -0.15) is 0 Å². The summed E-state index contributed by atoms with van der Waals surface area (Å²) in [5, 5.41) is 17.3. The Balaban J connectivity index is 1.94. The minimum atomic E-state index is -3.01. The molecule has 1 fully saturated rings. The fraction of sp³-hybridized carbons (Fsp3) is 0.750. The van der Waals surface area contributed by atoms with Gasteiger partial charge in [-0.15, -0.1) is 10.2 Å². The Kier molecular flexibility index (Phi) is 3.27. The van der Waals surface area contributed by atoms with E-state index in [0.717, 1.165) is 12.8 Å². The van der Waals surface area contributed by atoms with Crippen molar-refractivity contribution in [2.24, 2.45) is 0 Å². The van der Waals surface area contributed by atoms with E-state index in [9.17, 15) is 18.3 Å². The number of rotatable bonds is 2. The van der Waals surface area contributed by atoms with Gasteiger partial charge in [0.1, 0.15) is 17.6 Å². The number of hydrogen-bond acceptors (Lipinski definition) is 5. The minimum Gasteiger partial charge on any atom is -0.481 e. The topological polar surface area (TPSA) is 102 Å². The van der Waals surface area contributed by atoms with E-state index in [-0.39, 0.29) is 17.4 Å². The van der Waals surface area contributed by atoms with Gasteiger partial charge in [0.25, 0.3) is 0 Å². The molecule has 110 valence electrons. The quantitative estimate of drug-likeness (QED) is 0.854. The molecule has 7 nitrogen and oxygen atoms in total. The van der Waals surface area contributed by atoms with E-state index in [1.807, 2.05) is 4.57 Å². The SMILES string of the molecule is O=C(O)C1CCCn2c(C3CCCS(=O)(=O)C3)nnc21. The summed E-state index contributed by atoms with van der Waals surface area (Å²) in [6, 6.07) is 0. The maximum Gasteiger partial charge on any atom is 0.314 e. The molecule has 8 heteroatoms. The predicted octanol–water partition coefficient (Wildman–Crippen LogP) is 0.532. The van der Waals surface area contributed by atoms with Gasteiger partial charge in [-0.3, -0.25) is 4.79 Å². The maximum absolute atomic E-state index is 11.7. The van der Waals surface area contributed by atoms with Crippen LogP contribution in [-0.4, -0.2) is 45.8 Å². The molecule has 2 unspecified atom stereocenters. The number of nitrogens with zero attached hydrogens (tertiary/aromatic N) is 3. The van der Waals surface area contributed by atoms with E-state index in [4.69, 9.17) is 0 Å². The van der Waals surface area contributed by atoms with Crippen LogP contribution in [0, 0.1) is 0 Å². The smallest absolute Gasteiger partial charge is 0.314 e. The number of fused-ring (bicyclic) bond motifs is 1. The molecule has 0 aromatic carbocycles. The van der Waals surface area contributed by atoms with Crippen LogP contribution < -0.4 is 0 Å². The number of hydrogen-bond donors (Lipinski definition) is 1. The van der Waals surface area contributed by atoms with Crippen LogP contribution in [0.5, 0.6) is 0 Å². The summed E-state index contributed by atoms with van der Waals surface area (Å²) < 4.78 is 25.3. The lowest BCUT2D eigenvalue weighted by Crippen LogP contribution is -2.28. The van der Waals surface area contributed by atoms with Crippen molar-refractivity contribution in [1.29, 1.82) is 0 Å². The number of sulfone groups is 1. The second-order valence-electron chi connectivity index (χ2n) is 5.55. The van der Waals surface area contributed by atoms with Crippen molar-refractivity contribution >= 4 is 15.8 Å². The van der Waals surface area contributed by atoms with E-state index in [0.29, 0.717) is 31.0 Å². The van der Waals surface area contributed by atoms with Gasteiger partial charge in [-0.1, -0.05) is 0 Å². The molecule has 20 heavy (non-hydrogen) atoms. The van der Waals surface area contributed by atoms with Gasteiger partial charge < -0.3 is 9.67 Å². The number of aromatic nitrogens is 3. The standard InChI is InChI=1S/C12H17N3O4S/c16-12(17)9-4-1-5-15-10(13-14-11(9)15)8-3-2-6-20(18,19)7-8/h8-9H,1-7H2,(H,16,17). The van der Waals surface area contributed by atoms with Crippen molar-refractivity contribution in [1.82, 2.24) is 14.8 Å². The zero-order valence-corrected chi connectivity index (χ0v) is 11.8. The van der Waals surface area contributed by atoms with Crippen molar-refractivity contribution < 1.29 is 18.3 Å². The van der Waals surface area contributed by atoms with Crippen molar-refractivity contribution in [3.05, 3.63) is 11.6 Å². The highest BCUT2D eigenvalue weighted by molar-refractivity contribution is 7.91. The van der Waals surface area contributed by atoms with Crippen LogP contribution in [0.3, 0.4) is 0 Å². The summed E-state index contributed by atoms with van der Waals surface area (Å²) in [6.07, 6.45) is 2.73. The van der Waals surface area contributed by atoms with Crippen LogP contribution in [0.15, 0.2) is 0 Å². The molecule has 0 aliphatic carbocycles. The monoisotopic (exact) mass is 299 g/mol. The van der Waals surface area contributed by atoms with Crippen molar-refractivity contribution in [2.75, 3.05) is 11.5 Å². The van der Waals surface area contributed by atoms with Gasteiger partial charge in [0.15, 0.2) is 9.84 Å². The summed E-state index contributed by atoms with van der Waals surface area (Å²) in [5.74, 6) is -0.199. The molecule has 1 aromatic rings. The summed E-state index contributed by atoms with van der Waals surface area (Å²) in [5.41, 5.74) is 0. The number of carbonyl (C=O) groups is 1. The van der Waals surface area contributed by atoms with E-state index >= 15 is 0 Å². The Morgan fingerprint density at radius 3 is 2.65 bits per heavy atom. The summed E-state index contributed by atoms with van der Waals surface area (Å²) in [6.45, 7) is 0.679. The highest BCUT2D eigenvalue weighted by Gasteiger charge is 2.35. The van der Waals surface area contributed by atoms with E-state index in [1.54, 1.807) is 0 Å². The van der Waals surface area contributed by atoms with E-state index in [2.05, 4.69) is 10.2 Å². The average Bonchev–Trinajstić information content (AvgIpc) is 2.80. The predicted molar refractivity (Wildman–Crippen MR) is 70.3 cm³/mol. The Labute approximate surface area is 116 Å². The lowest BCUT2D eigenvalue weighted by Gasteiger charge is -2.25. The number of carboxylic acid groups (broad SMARTS) is 1. The van der Waals surface area contributed by atoms with Crippen molar-refractivity contribution in [3.8, 4) is 0 Å². The molecule has 0 amide bonds. The first-order valence-electron chi connectivity index (χ1n) is 6.84. The molecule has 1 N–H and O–H groups in total. The minimum absolute atomic E-state index is 0.100. The molecule has 2 aliphatic heterocycles. The Morgan fingerprint density at radius 1 is 1.20 bits per heavy atom. The molecule has 0 saturated carbocycles. The molecule has 2 atom stereocenters. The zero-order chi connectivity index (χ0) is 14.3. The zero-order valence-electron chi connectivity index (χ0n) is 11.0. The van der Waals surface area contributed by atoms with Gasteiger partial charge in [0, 0.05) is 12.5 Å². The van der Waals surface area contributed by atoms with E-state index < -0.39 is 21.7 Å². The molecular formula is C12H17N3O4S. The molecule has 0 radical (unpaired) electrons. The largest absolute Gasteiger partial charge is 0.481 e. The molecule has 3 rings (SSSR count). The van der Waals surface area contributed by atoms with Crippen LogP contribution in [0.4, 0.5) is 0 Å². The Hall–Kier alpha value is -1.44. The van der Waals surface area contributed by atoms with Gasteiger partial charge in [0.2, 0.25) is 0 Å². The van der Waals surface area contributed by atoms with Gasteiger partial charge >= 0.3 is 5.97 Å². The summed E-state index contributed by atoms with van der Waals surface area (Å²) in [7, 11) is -3.01. The first-order valence-corrected chi connectivity index (χ1v) is 8.66. The van der Waals surface area contributed by atoms with Crippen LogP contribution in [0.25, 0.3) is 0 Å². The second-order valence-corrected chi connectivity index (χ2v) is 7.78. The van der Waals surface area contributed by atoms with Gasteiger partial charge in [0.05, 0.1) is 11.5 Å². The molecule has 1 saturated heterocycles. The third kappa shape index (κ3) is 2.32. The van der Waals surface area contributed by atoms with Crippen LogP contribution in [0.1, 0.15) is 49.2 Å².